The Morgan fingerprint density at radius 2 is 1.90 bits per heavy atom. The number of hydrogen-bond donors (Lipinski definition) is 2. The van der Waals surface area contributed by atoms with Crippen LogP contribution in [0, 0.1) is 5.82 Å². The van der Waals surface area contributed by atoms with E-state index in [9.17, 15) is 4.39 Å². The van der Waals surface area contributed by atoms with Crippen LogP contribution in [0.25, 0.3) is 11.3 Å². The van der Waals surface area contributed by atoms with Crippen LogP contribution in [0.2, 0.25) is 5.02 Å². The monoisotopic (exact) mass is 302 g/mol. The molecule has 6 heteroatoms. The van der Waals surface area contributed by atoms with E-state index in [4.69, 9.17) is 11.6 Å². The van der Waals surface area contributed by atoms with E-state index >= 15 is 0 Å². The summed E-state index contributed by atoms with van der Waals surface area (Å²) in [5.41, 5.74) is 3.18. The standard InChI is InChI=1S/C15H12ClFN4/c16-12-8-11(17)6-7-13(12)18-9-14-15(20-21-19-14)10-4-2-1-3-5-10/h1-8,18H,9H2,(H,19,20,21). The number of anilines is 1. The highest BCUT2D eigenvalue weighted by atomic mass is 35.5. The van der Waals surface area contributed by atoms with Gasteiger partial charge in [0.15, 0.2) is 0 Å². The summed E-state index contributed by atoms with van der Waals surface area (Å²) in [6.07, 6.45) is 0. The molecule has 0 unspecified atom stereocenters. The molecule has 4 nitrogen and oxygen atoms in total. The maximum atomic E-state index is 13.0. The van der Waals surface area contributed by atoms with Gasteiger partial charge in [0.05, 0.1) is 17.3 Å². The number of hydrogen-bond acceptors (Lipinski definition) is 3. The molecule has 0 aliphatic heterocycles. The number of halogens is 2. The van der Waals surface area contributed by atoms with Gasteiger partial charge in [-0.25, -0.2) is 4.39 Å². The topological polar surface area (TPSA) is 53.6 Å². The first-order chi connectivity index (χ1) is 10.2. The van der Waals surface area contributed by atoms with Crippen molar-refractivity contribution in [3.8, 4) is 11.3 Å². The van der Waals surface area contributed by atoms with Crippen LogP contribution in [0.3, 0.4) is 0 Å². The Morgan fingerprint density at radius 1 is 1.10 bits per heavy atom. The van der Waals surface area contributed by atoms with E-state index < -0.39 is 0 Å². The predicted molar refractivity (Wildman–Crippen MR) is 80.6 cm³/mol. The van der Waals surface area contributed by atoms with Crippen LogP contribution in [0.15, 0.2) is 48.5 Å². The third-order valence-corrected chi connectivity index (χ3v) is 3.36. The SMILES string of the molecule is Fc1ccc(NCc2n[nH]nc2-c2ccccc2)c(Cl)c1. The zero-order valence-electron chi connectivity index (χ0n) is 11.0. The number of nitrogens with one attached hydrogen (secondary N) is 2. The molecule has 0 saturated heterocycles. The zero-order valence-corrected chi connectivity index (χ0v) is 11.7. The minimum absolute atomic E-state index is 0.333. The summed E-state index contributed by atoms with van der Waals surface area (Å²) in [5.74, 6) is -0.364. The first-order valence-electron chi connectivity index (χ1n) is 6.38. The Bertz CT molecular complexity index is 742. The molecule has 0 bridgehead atoms. The summed E-state index contributed by atoms with van der Waals surface area (Å²) in [7, 11) is 0. The van der Waals surface area contributed by atoms with Gasteiger partial charge in [0.25, 0.3) is 0 Å². The second kappa shape index (κ2) is 5.93. The van der Waals surface area contributed by atoms with Crippen molar-refractivity contribution in [2.45, 2.75) is 6.54 Å². The summed E-state index contributed by atoms with van der Waals surface area (Å²) in [5, 5.41) is 14.4. The molecule has 0 spiro atoms. The van der Waals surface area contributed by atoms with Gasteiger partial charge in [0.2, 0.25) is 0 Å². The van der Waals surface area contributed by atoms with Gasteiger partial charge < -0.3 is 5.32 Å². The molecule has 0 fully saturated rings. The Hall–Kier alpha value is -2.40. The number of H-pyrrole nitrogens is 1. The van der Waals surface area contributed by atoms with E-state index in [0.717, 1.165) is 17.0 Å². The van der Waals surface area contributed by atoms with Crippen molar-refractivity contribution in [2.75, 3.05) is 5.32 Å². The Balaban J connectivity index is 1.79. The molecule has 2 aromatic carbocycles. The van der Waals surface area contributed by atoms with E-state index in [2.05, 4.69) is 20.7 Å². The number of rotatable bonds is 4. The first-order valence-corrected chi connectivity index (χ1v) is 6.76. The summed E-state index contributed by atoms with van der Waals surface area (Å²) < 4.78 is 13.0. The lowest BCUT2D eigenvalue weighted by Crippen LogP contribution is -2.02. The highest BCUT2D eigenvalue weighted by molar-refractivity contribution is 6.33. The number of aromatic nitrogens is 3. The van der Waals surface area contributed by atoms with E-state index in [1.807, 2.05) is 30.3 Å². The van der Waals surface area contributed by atoms with Crippen LogP contribution in [-0.2, 0) is 6.54 Å². The lowest BCUT2D eigenvalue weighted by Gasteiger charge is -2.07. The fourth-order valence-electron chi connectivity index (χ4n) is 2.02. The van der Waals surface area contributed by atoms with Gasteiger partial charge in [-0.2, -0.15) is 15.4 Å². The van der Waals surface area contributed by atoms with Crippen molar-refractivity contribution >= 4 is 17.3 Å². The van der Waals surface area contributed by atoms with Crippen molar-refractivity contribution in [3.63, 3.8) is 0 Å². The van der Waals surface area contributed by atoms with E-state index in [0.29, 0.717) is 17.3 Å². The molecule has 3 rings (SSSR count). The summed E-state index contributed by atoms with van der Waals surface area (Å²) in [6, 6.07) is 14.0. The summed E-state index contributed by atoms with van der Waals surface area (Å²) in [6.45, 7) is 0.437. The fraction of sp³-hybridized carbons (Fsp3) is 0.0667. The lowest BCUT2D eigenvalue weighted by molar-refractivity contribution is 0.628. The molecule has 0 radical (unpaired) electrons. The molecule has 21 heavy (non-hydrogen) atoms. The van der Waals surface area contributed by atoms with Crippen molar-refractivity contribution < 1.29 is 4.39 Å². The summed E-state index contributed by atoms with van der Waals surface area (Å²) >= 11 is 5.98. The maximum Gasteiger partial charge on any atom is 0.124 e. The molecule has 0 saturated carbocycles. The molecule has 2 N–H and O–H groups in total. The van der Waals surface area contributed by atoms with Gasteiger partial charge in [0, 0.05) is 5.56 Å². The minimum Gasteiger partial charge on any atom is -0.378 e. The van der Waals surface area contributed by atoms with Gasteiger partial charge in [-0.3, -0.25) is 0 Å². The lowest BCUT2D eigenvalue weighted by atomic mass is 10.1. The molecule has 1 heterocycles. The second-order valence-electron chi connectivity index (χ2n) is 4.46. The average Bonchev–Trinajstić information content (AvgIpc) is 2.96. The predicted octanol–water partition coefficient (Wildman–Crippen LogP) is 3.88. The number of nitrogens with zero attached hydrogens (tertiary/aromatic N) is 2. The molecule has 1 aromatic heterocycles. The molecule has 0 aliphatic rings. The van der Waals surface area contributed by atoms with Crippen LogP contribution in [0.5, 0.6) is 0 Å². The largest absolute Gasteiger partial charge is 0.378 e. The van der Waals surface area contributed by atoms with Crippen LogP contribution < -0.4 is 5.32 Å². The van der Waals surface area contributed by atoms with Gasteiger partial charge in [0.1, 0.15) is 17.2 Å². The number of benzene rings is 2. The van der Waals surface area contributed by atoms with Crippen molar-refractivity contribution in [2.24, 2.45) is 0 Å². The van der Waals surface area contributed by atoms with Crippen LogP contribution in [0.1, 0.15) is 5.69 Å². The summed E-state index contributed by atoms with van der Waals surface area (Å²) in [4.78, 5) is 0. The molecule has 0 atom stereocenters. The van der Waals surface area contributed by atoms with Gasteiger partial charge >= 0.3 is 0 Å². The Labute approximate surface area is 126 Å². The smallest absolute Gasteiger partial charge is 0.124 e. The zero-order chi connectivity index (χ0) is 14.7. The number of aromatic amines is 1. The van der Waals surface area contributed by atoms with Crippen LogP contribution in [-0.4, -0.2) is 15.4 Å². The van der Waals surface area contributed by atoms with Gasteiger partial charge in [-0.05, 0) is 18.2 Å². The molecule has 3 aromatic rings. The van der Waals surface area contributed by atoms with Gasteiger partial charge in [-0.15, -0.1) is 0 Å². The third kappa shape index (κ3) is 3.03. The van der Waals surface area contributed by atoms with E-state index in [1.165, 1.54) is 12.1 Å². The third-order valence-electron chi connectivity index (χ3n) is 3.04. The maximum absolute atomic E-state index is 13.0. The van der Waals surface area contributed by atoms with Crippen LogP contribution in [0.4, 0.5) is 10.1 Å². The molecular formula is C15H12ClFN4. The Kier molecular flexibility index (Phi) is 3.83. The molecule has 106 valence electrons. The van der Waals surface area contributed by atoms with Gasteiger partial charge in [-0.1, -0.05) is 41.9 Å². The normalized spacial score (nSPS) is 10.6. The average molecular weight is 303 g/mol. The van der Waals surface area contributed by atoms with E-state index in [1.54, 1.807) is 6.07 Å². The minimum atomic E-state index is -0.364. The highest BCUT2D eigenvalue weighted by Crippen LogP contribution is 2.24. The highest BCUT2D eigenvalue weighted by Gasteiger charge is 2.10. The van der Waals surface area contributed by atoms with Crippen molar-refractivity contribution in [1.29, 1.82) is 0 Å². The van der Waals surface area contributed by atoms with Crippen LogP contribution >= 0.6 is 11.6 Å². The molecular weight excluding hydrogens is 291 g/mol. The quantitative estimate of drug-likeness (QED) is 0.769. The van der Waals surface area contributed by atoms with E-state index in [-0.39, 0.29) is 5.82 Å². The molecule has 0 amide bonds. The Morgan fingerprint density at radius 3 is 2.67 bits per heavy atom. The first kappa shape index (κ1) is 13.6. The fourth-order valence-corrected chi connectivity index (χ4v) is 2.25. The van der Waals surface area contributed by atoms with Crippen molar-refractivity contribution in [3.05, 3.63) is 65.1 Å². The van der Waals surface area contributed by atoms with Crippen molar-refractivity contribution in [1.82, 2.24) is 15.4 Å². The molecule has 0 aliphatic carbocycles. The second-order valence-corrected chi connectivity index (χ2v) is 4.87.